The Morgan fingerprint density at radius 2 is 1.52 bits per heavy atom. The fourth-order valence-electron chi connectivity index (χ4n) is 2.63. The lowest BCUT2D eigenvalue weighted by Gasteiger charge is -2.04. The van der Waals surface area contributed by atoms with Gasteiger partial charge in [0.25, 0.3) is 5.91 Å². The second kappa shape index (κ2) is 7.55. The molecule has 1 N–H and O–H groups in total. The van der Waals surface area contributed by atoms with Crippen LogP contribution < -0.4 is 5.32 Å². The predicted molar refractivity (Wildman–Crippen MR) is 107 cm³/mol. The van der Waals surface area contributed by atoms with Gasteiger partial charge < -0.3 is 4.42 Å². The maximum atomic E-state index is 12.4. The minimum absolute atomic E-state index is 0.0575. The standard InChI is InChI=1S/C21H14BrN3O2/c22-18-8-4-7-17(13-18)20-24-25-21(27-20)23-19(26)16-11-9-15(10-12-16)14-5-2-1-3-6-14/h1-13H,(H,23,25,26). The topological polar surface area (TPSA) is 68.0 Å². The van der Waals surface area contributed by atoms with Crippen LogP contribution in [0.5, 0.6) is 0 Å². The Kier molecular flexibility index (Phi) is 4.80. The third-order valence-corrected chi connectivity index (χ3v) is 4.46. The van der Waals surface area contributed by atoms with Crippen LogP contribution >= 0.6 is 15.9 Å². The summed E-state index contributed by atoms with van der Waals surface area (Å²) in [7, 11) is 0. The normalized spacial score (nSPS) is 10.6. The van der Waals surface area contributed by atoms with Gasteiger partial charge in [0, 0.05) is 15.6 Å². The third-order valence-electron chi connectivity index (χ3n) is 3.97. The molecule has 4 rings (SSSR count). The van der Waals surface area contributed by atoms with E-state index < -0.39 is 0 Å². The first kappa shape index (κ1) is 17.2. The van der Waals surface area contributed by atoms with Crippen molar-refractivity contribution in [3.8, 4) is 22.6 Å². The molecule has 0 fully saturated rings. The highest BCUT2D eigenvalue weighted by Crippen LogP contribution is 2.24. The molecule has 27 heavy (non-hydrogen) atoms. The van der Waals surface area contributed by atoms with Gasteiger partial charge in [0.2, 0.25) is 5.89 Å². The molecule has 1 aromatic heterocycles. The van der Waals surface area contributed by atoms with Crippen LogP contribution in [-0.4, -0.2) is 16.1 Å². The van der Waals surface area contributed by atoms with Crippen molar-refractivity contribution in [2.45, 2.75) is 0 Å². The van der Waals surface area contributed by atoms with Gasteiger partial charge in [-0.05, 0) is 41.5 Å². The van der Waals surface area contributed by atoms with Gasteiger partial charge in [0.05, 0.1) is 0 Å². The summed E-state index contributed by atoms with van der Waals surface area (Å²) in [5, 5.41) is 10.5. The first-order chi connectivity index (χ1) is 13.2. The van der Waals surface area contributed by atoms with Gasteiger partial charge in [-0.1, -0.05) is 69.6 Å². The lowest BCUT2D eigenvalue weighted by atomic mass is 10.0. The second-order valence-corrected chi connectivity index (χ2v) is 6.74. The largest absolute Gasteiger partial charge is 0.403 e. The molecule has 132 valence electrons. The molecule has 0 radical (unpaired) electrons. The van der Waals surface area contributed by atoms with Gasteiger partial charge >= 0.3 is 6.01 Å². The molecule has 0 unspecified atom stereocenters. The van der Waals surface area contributed by atoms with Crippen LogP contribution in [0.3, 0.4) is 0 Å². The van der Waals surface area contributed by atoms with Crippen molar-refractivity contribution in [2.24, 2.45) is 0 Å². The monoisotopic (exact) mass is 419 g/mol. The summed E-state index contributed by atoms with van der Waals surface area (Å²) in [5.41, 5.74) is 3.42. The van der Waals surface area contributed by atoms with Crippen molar-refractivity contribution in [3.63, 3.8) is 0 Å². The number of carbonyl (C=O) groups excluding carboxylic acids is 1. The second-order valence-electron chi connectivity index (χ2n) is 5.82. The fourth-order valence-corrected chi connectivity index (χ4v) is 3.03. The van der Waals surface area contributed by atoms with Gasteiger partial charge in [-0.3, -0.25) is 10.1 Å². The quantitative estimate of drug-likeness (QED) is 0.479. The van der Waals surface area contributed by atoms with Gasteiger partial charge in [-0.25, -0.2) is 0 Å². The van der Waals surface area contributed by atoms with Crippen LogP contribution in [0.4, 0.5) is 6.01 Å². The highest BCUT2D eigenvalue weighted by molar-refractivity contribution is 9.10. The summed E-state index contributed by atoms with van der Waals surface area (Å²) in [6.45, 7) is 0. The molecule has 0 aliphatic carbocycles. The van der Waals surface area contributed by atoms with Crippen LogP contribution in [0.15, 0.2) is 87.8 Å². The molecule has 0 saturated carbocycles. The SMILES string of the molecule is O=C(Nc1nnc(-c2cccc(Br)c2)o1)c1ccc(-c2ccccc2)cc1. The molecule has 3 aromatic carbocycles. The predicted octanol–water partition coefficient (Wildman–Crippen LogP) is 5.42. The lowest BCUT2D eigenvalue weighted by Crippen LogP contribution is -2.11. The summed E-state index contributed by atoms with van der Waals surface area (Å²) in [4.78, 5) is 12.4. The van der Waals surface area contributed by atoms with E-state index in [9.17, 15) is 4.79 Å². The number of nitrogens with zero attached hydrogens (tertiary/aromatic N) is 2. The molecule has 1 heterocycles. The number of rotatable bonds is 4. The van der Waals surface area contributed by atoms with E-state index in [2.05, 4.69) is 31.4 Å². The minimum atomic E-state index is -0.306. The Bertz CT molecular complexity index is 1080. The Hall–Kier alpha value is -3.25. The van der Waals surface area contributed by atoms with Crippen molar-refractivity contribution in [2.75, 3.05) is 5.32 Å². The van der Waals surface area contributed by atoms with Gasteiger partial charge in [-0.2, -0.15) is 0 Å². The van der Waals surface area contributed by atoms with Crippen LogP contribution in [0, 0.1) is 0 Å². The zero-order chi connectivity index (χ0) is 18.6. The van der Waals surface area contributed by atoms with Crippen LogP contribution in [-0.2, 0) is 0 Å². The van der Waals surface area contributed by atoms with E-state index in [1.54, 1.807) is 12.1 Å². The first-order valence-corrected chi connectivity index (χ1v) is 9.04. The maximum Gasteiger partial charge on any atom is 0.322 e. The maximum absolute atomic E-state index is 12.4. The number of benzene rings is 3. The molecule has 0 aliphatic heterocycles. The molecule has 6 heteroatoms. The highest BCUT2D eigenvalue weighted by atomic mass is 79.9. The summed E-state index contributed by atoms with van der Waals surface area (Å²) >= 11 is 3.40. The average molecular weight is 420 g/mol. The number of anilines is 1. The number of carbonyl (C=O) groups is 1. The average Bonchev–Trinajstić information content (AvgIpc) is 3.17. The lowest BCUT2D eigenvalue weighted by molar-refractivity contribution is 0.102. The van der Waals surface area contributed by atoms with E-state index in [-0.39, 0.29) is 11.9 Å². The van der Waals surface area contributed by atoms with Gasteiger partial charge in [0.1, 0.15) is 0 Å². The Labute approximate surface area is 164 Å². The van der Waals surface area contributed by atoms with Gasteiger partial charge in [0.15, 0.2) is 0 Å². The van der Waals surface area contributed by atoms with Crippen LogP contribution in [0.2, 0.25) is 0 Å². The summed E-state index contributed by atoms with van der Waals surface area (Å²) in [6, 6.07) is 24.9. The van der Waals surface area contributed by atoms with Crippen molar-refractivity contribution in [1.82, 2.24) is 10.2 Å². The molecule has 4 aromatic rings. The number of nitrogens with one attached hydrogen (secondary N) is 1. The molecule has 0 saturated heterocycles. The zero-order valence-corrected chi connectivity index (χ0v) is 15.7. The van der Waals surface area contributed by atoms with Crippen molar-refractivity contribution < 1.29 is 9.21 Å². The number of aromatic nitrogens is 2. The molecular formula is C21H14BrN3O2. The fraction of sp³-hybridized carbons (Fsp3) is 0. The van der Waals surface area contributed by atoms with Crippen LogP contribution in [0.1, 0.15) is 10.4 Å². The Balaban J connectivity index is 1.48. The number of hydrogen-bond acceptors (Lipinski definition) is 4. The summed E-state index contributed by atoms with van der Waals surface area (Å²) < 4.78 is 6.44. The molecule has 0 aliphatic rings. The minimum Gasteiger partial charge on any atom is -0.403 e. The van der Waals surface area contributed by atoms with Gasteiger partial charge in [-0.15, -0.1) is 5.10 Å². The highest BCUT2D eigenvalue weighted by Gasteiger charge is 2.13. The van der Waals surface area contributed by atoms with Crippen LogP contribution in [0.25, 0.3) is 22.6 Å². The van der Waals surface area contributed by atoms with E-state index in [4.69, 9.17) is 4.42 Å². The molecule has 0 bridgehead atoms. The van der Waals surface area contributed by atoms with E-state index >= 15 is 0 Å². The Morgan fingerprint density at radius 1 is 0.815 bits per heavy atom. The van der Waals surface area contributed by atoms with E-state index in [0.717, 1.165) is 21.2 Å². The number of amides is 1. The Morgan fingerprint density at radius 3 is 2.26 bits per heavy atom. The molecule has 1 amide bonds. The van der Waals surface area contributed by atoms with Crippen molar-refractivity contribution in [3.05, 3.63) is 88.9 Å². The molecule has 0 spiro atoms. The summed E-state index contributed by atoms with van der Waals surface area (Å²) in [6.07, 6.45) is 0. The smallest absolute Gasteiger partial charge is 0.322 e. The molecular weight excluding hydrogens is 406 g/mol. The van der Waals surface area contributed by atoms with E-state index in [1.807, 2.05) is 66.7 Å². The molecule has 5 nitrogen and oxygen atoms in total. The van der Waals surface area contributed by atoms with E-state index in [0.29, 0.717) is 11.5 Å². The number of halogens is 1. The van der Waals surface area contributed by atoms with E-state index in [1.165, 1.54) is 0 Å². The molecule has 0 atom stereocenters. The van der Waals surface area contributed by atoms with Crippen molar-refractivity contribution in [1.29, 1.82) is 0 Å². The van der Waals surface area contributed by atoms with Crippen molar-refractivity contribution >= 4 is 27.9 Å². The first-order valence-electron chi connectivity index (χ1n) is 8.25. The summed E-state index contributed by atoms with van der Waals surface area (Å²) in [5.74, 6) is 0.0325. The zero-order valence-electron chi connectivity index (χ0n) is 14.1. The number of hydrogen-bond donors (Lipinski definition) is 1. The third kappa shape index (κ3) is 3.96.